The van der Waals surface area contributed by atoms with Crippen LogP contribution in [0.15, 0.2) is 18.2 Å². The fraction of sp³-hybridized carbons (Fsp3) is 0.417. The van der Waals surface area contributed by atoms with Crippen LogP contribution in [0, 0.1) is 11.7 Å². The molecule has 1 aliphatic heterocycles. The van der Waals surface area contributed by atoms with Gasteiger partial charge in [-0.15, -0.1) is 0 Å². The molecule has 2 rings (SSSR count). The normalized spacial score (nSPS) is 20.7. The van der Waals surface area contributed by atoms with Crippen molar-refractivity contribution < 1.29 is 9.18 Å². The molecular weight excluding hydrogens is 243 g/mol. The molecule has 1 unspecified atom stereocenters. The zero-order chi connectivity index (χ0) is 12.4. The molecule has 2 N–H and O–H groups in total. The number of hydrogen-bond donors (Lipinski definition) is 1. The molecule has 1 saturated heterocycles. The summed E-state index contributed by atoms with van der Waals surface area (Å²) in [6.07, 6.45) is 0.738. The highest BCUT2D eigenvalue weighted by Gasteiger charge is 2.27. The minimum absolute atomic E-state index is 0.124. The number of nitrogens with two attached hydrogens (primary N) is 1. The van der Waals surface area contributed by atoms with Gasteiger partial charge in [-0.25, -0.2) is 4.39 Å². The van der Waals surface area contributed by atoms with Gasteiger partial charge in [-0.1, -0.05) is 17.7 Å². The Bertz CT molecular complexity index is 418. The summed E-state index contributed by atoms with van der Waals surface area (Å²) in [5, 5.41) is 0.424. The zero-order valence-corrected chi connectivity index (χ0v) is 10.1. The number of halogens is 2. The first-order chi connectivity index (χ1) is 8.08. The molecule has 5 heteroatoms. The Labute approximate surface area is 104 Å². The average molecular weight is 257 g/mol. The number of rotatable bonds is 3. The lowest BCUT2D eigenvalue weighted by atomic mass is 10.1. The van der Waals surface area contributed by atoms with Gasteiger partial charge in [0.15, 0.2) is 0 Å². The lowest BCUT2D eigenvalue weighted by molar-refractivity contribution is -0.121. The Balaban J connectivity index is 2.05. The maximum absolute atomic E-state index is 13.6. The molecule has 3 nitrogen and oxygen atoms in total. The lowest BCUT2D eigenvalue weighted by Crippen LogP contribution is -2.27. The Morgan fingerprint density at radius 1 is 1.59 bits per heavy atom. The fourth-order valence-electron chi connectivity index (χ4n) is 2.12. The van der Waals surface area contributed by atoms with E-state index in [4.69, 9.17) is 17.3 Å². The molecule has 0 bridgehead atoms. The van der Waals surface area contributed by atoms with E-state index >= 15 is 0 Å². The molecule has 1 heterocycles. The molecule has 1 aromatic carbocycles. The standard InChI is InChI=1S/C12H14ClFN2O/c13-10-2-1-3-11(14)9(10)7-16-5-4-8(6-16)12(15)17/h1-3,8H,4-7H2,(H2,15,17). The molecule has 0 aliphatic carbocycles. The summed E-state index contributed by atoms with van der Waals surface area (Å²) in [4.78, 5) is 13.0. The topological polar surface area (TPSA) is 46.3 Å². The van der Waals surface area contributed by atoms with Gasteiger partial charge in [-0.05, 0) is 25.1 Å². The predicted molar refractivity (Wildman–Crippen MR) is 64.0 cm³/mol. The van der Waals surface area contributed by atoms with Gasteiger partial charge in [0.1, 0.15) is 5.82 Å². The number of benzene rings is 1. The van der Waals surface area contributed by atoms with E-state index in [2.05, 4.69) is 0 Å². The van der Waals surface area contributed by atoms with Crippen LogP contribution >= 0.6 is 11.6 Å². The van der Waals surface area contributed by atoms with E-state index in [9.17, 15) is 9.18 Å². The van der Waals surface area contributed by atoms with Gasteiger partial charge in [-0.3, -0.25) is 9.69 Å². The largest absolute Gasteiger partial charge is 0.369 e. The van der Waals surface area contributed by atoms with Gasteiger partial charge in [0.2, 0.25) is 5.91 Å². The molecule has 17 heavy (non-hydrogen) atoms. The summed E-state index contributed by atoms with van der Waals surface area (Å²) in [5.74, 6) is -0.715. The van der Waals surface area contributed by atoms with Gasteiger partial charge < -0.3 is 5.73 Å². The second-order valence-electron chi connectivity index (χ2n) is 4.32. The van der Waals surface area contributed by atoms with E-state index in [1.807, 2.05) is 4.90 Å². The van der Waals surface area contributed by atoms with Gasteiger partial charge in [0, 0.05) is 23.7 Å². The molecule has 0 spiro atoms. The first kappa shape index (κ1) is 12.3. The van der Waals surface area contributed by atoms with Gasteiger partial charge in [0.05, 0.1) is 5.92 Å². The van der Waals surface area contributed by atoms with E-state index in [0.717, 1.165) is 13.0 Å². The quantitative estimate of drug-likeness (QED) is 0.896. The second-order valence-corrected chi connectivity index (χ2v) is 4.73. The van der Waals surface area contributed by atoms with Crippen LogP contribution in [-0.4, -0.2) is 23.9 Å². The fourth-order valence-corrected chi connectivity index (χ4v) is 2.34. The maximum atomic E-state index is 13.6. The number of carbonyl (C=O) groups is 1. The lowest BCUT2D eigenvalue weighted by Gasteiger charge is -2.16. The number of carbonyl (C=O) groups excluding carboxylic acids is 1. The van der Waals surface area contributed by atoms with Gasteiger partial charge >= 0.3 is 0 Å². The van der Waals surface area contributed by atoms with Crippen LogP contribution in [0.4, 0.5) is 4.39 Å². The van der Waals surface area contributed by atoms with Crippen LogP contribution in [-0.2, 0) is 11.3 Å². The van der Waals surface area contributed by atoms with Crippen molar-refractivity contribution in [1.82, 2.24) is 4.90 Å². The highest BCUT2D eigenvalue weighted by Crippen LogP contribution is 2.24. The minimum Gasteiger partial charge on any atom is -0.369 e. The molecule has 1 amide bonds. The van der Waals surface area contributed by atoms with Crippen LogP contribution in [0.2, 0.25) is 5.02 Å². The smallest absolute Gasteiger partial charge is 0.221 e. The van der Waals surface area contributed by atoms with E-state index in [1.54, 1.807) is 12.1 Å². The Morgan fingerprint density at radius 3 is 2.94 bits per heavy atom. The number of amides is 1. The Kier molecular flexibility index (Phi) is 3.64. The summed E-state index contributed by atoms with van der Waals surface area (Å²) >= 11 is 5.95. The predicted octanol–water partition coefficient (Wildman–Crippen LogP) is 1.79. The van der Waals surface area contributed by atoms with Crippen molar-refractivity contribution in [2.45, 2.75) is 13.0 Å². The monoisotopic (exact) mass is 256 g/mol. The summed E-state index contributed by atoms with van der Waals surface area (Å²) < 4.78 is 13.6. The third kappa shape index (κ3) is 2.76. The third-order valence-electron chi connectivity index (χ3n) is 3.12. The Hall–Kier alpha value is -1.13. The van der Waals surface area contributed by atoms with Crippen molar-refractivity contribution in [1.29, 1.82) is 0 Å². The SMILES string of the molecule is NC(=O)C1CCN(Cc2c(F)cccc2Cl)C1. The molecule has 0 saturated carbocycles. The highest BCUT2D eigenvalue weighted by molar-refractivity contribution is 6.31. The summed E-state index contributed by atoms with van der Waals surface area (Å²) in [6.45, 7) is 1.76. The van der Waals surface area contributed by atoms with Crippen LogP contribution in [0.5, 0.6) is 0 Å². The number of hydrogen-bond acceptors (Lipinski definition) is 2. The number of likely N-dealkylation sites (tertiary alicyclic amines) is 1. The van der Waals surface area contributed by atoms with Crippen LogP contribution in [0.1, 0.15) is 12.0 Å². The van der Waals surface area contributed by atoms with Crippen molar-refractivity contribution in [3.05, 3.63) is 34.6 Å². The summed E-state index contributed by atoms with van der Waals surface area (Å²) in [5.41, 5.74) is 5.73. The first-order valence-corrected chi connectivity index (χ1v) is 5.90. The number of nitrogens with zero attached hydrogens (tertiary/aromatic N) is 1. The van der Waals surface area contributed by atoms with E-state index < -0.39 is 0 Å². The molecule has 1 fully saturated rings. The van der Waals surface area contributed by atoms with Gasteiger partial charge in [0.25, 0.3) is 0 Å². The van der Waals surface area contributed by atoms with Crippen molar-refractivity contribution in [3.8, 4) is 0 Å². The molecule has 1 aromatic rings. The third-order valence-corrected chi connectivity index (χ3v) is 3.47. The molecule has 1 aliphatic rings. The average Bonchev–Trinajstić information content (AvgIpc) is 2.72. The van der Waals surface area contributed by atoms with Crippen molar-refractivity contribution in [2.75, 3.05) is 13.1 Å². The van der Waals surface area contributed by atoms with E-state index in [0.29, 0.717) is 23.7 Å². The van der Waals surface area contributed by atoms with Gasteiger partial charge in [-0.2, -0.15) is 0 Å². The highest BCUT2D eigenvalue weighted by atomic mass is 35.5. The van der Waals surface area contributed by atoms with Crippen molar-refractivity contribution in [2.24, 2.45) is 11.7 Å². The number of primary amides is 1. The summed E-state index contributed by atoms with van der Waals surface area (Å²) in [7, 11) is 0. The zero-order valence-electron chi connectivity index (χ0n) is 9.33. The van der Waals surface area contributed by atoms with Crippen LogP contribution in [0.3, 0.4) is 0 Å². The Morgan fingerprint density at radius 2 is 2.35 bits per heavy atom. The maximum Gasteiger partial charge on any atom is 0.221 e. The molecule has 1 atom stereocenters. The van der Waals surface area contributed by atoms with Crippen LogP contribution < -0.4 is 5.73 Å². The first-order valence-electron chi connectivity index (χ1n) is 5.52. The molecule has 0 radical (unpaired) electrons. The molecule has 92 valence electrons. The minimum atomic E-state index is -0.306. The second kappa shape index (κ2) is 5.02. The summed E-state index contributed by atoms with van der Waals surface area (Å²) in [6, 6.07) is 4.64. The molecule has 0 aromatic heterocycles. The van der Waals surface area contributed by atoms with Crippen LogP contribution in [0.25, 0.3) is 0 Å². The molecular formula is C12H14ClFN2O. The van der Waals surface area contributed by atoms with E-state index in [-0.39, 0.29) is 17.6 Å². The van der Waals surface area contributed by atoms with Crippen molar-refractivity contribution >= 4 is 17.5 Å². The van der Waals surface area contributed by atoms with E-state index in [1.165, 1.54) is 6.07 Å². The van der Waals surface area contributed by atoms with Crippen molar-refractivity contribution in [3.63, 3.8) is 0 Å².